The smallest absolute Gasteiger partial charge is 0.135 e. The summed E-state index contributed by atoms with van der Waals surface area (Å²) in [7, 11) is 0. The van der Waals surface area contributed by atoms with E-state index in [0.717, 1.165) is 73.3 Å². The summed E-state index contributed by atoms with van der Waals surface area (Å²) in [5.74, 6) is 1.73. The highest BCUT2D eigenvalue weighted by atomic mass is 16.5. The van der Waals surface area contributed by atoms with E-state index in [2.05, 4.69) is 263 Å². The van der Waals surface area contributed by atoms with Crippen LogP contribution in [0.2, 0.25) is 0 Å². The predicted molar refractivity (Wildman–Crippen MR) is 292 cm³/mol. The molecule has 4 nitrogen and oxygen atoms in total. The highest BCUT2D eigenvalue weighted by molar-refractivity contribution is 6.12. The summed E-state index contributed by atoms with van der Waals surface area (Å²) in [5.41, 5.74) is 19.4. The average Bonchev–Trinajstić information content (AvgIpc) is 3.89. The van der Waals surface area contributed by atoms with E-state index in [1.54, 1.807) is 0 Å². The zero-order chi connectivity index (χ0) is 46.1. The van der Waals surface area contributed by atoms with E-state index >= 15 is 0 Å². The molecule has 11 aromatic carbocycles. The highest BCUT2D eigenvalue weighted by Crippen LogP contribution is 2.48. The summed E-state index contributed by atoms with van der Waals surface area (Å²) in [6.07, 6.45) is 0. The quantitative estimate of drug-likeness (QED) is 0.159. The fraction of sp³-hybridized carbons (Fsp3) is 0. The van der Waals surface area contributed by atoms with Crippen molar-refractivity contribution >= 4 is 60.7 Å². The SMILES string of the molecule is c1ccc(-n2c3ccccc3c3cc(-c4ccc(N(c5ccc(-c6ccc7c(c6)-c6ccccc6Oc6ccccc6-7)cc5)c5ccc6c(c5)c5ccccc5n6-c5ccccc5)cc4)ccc32)cc1. The van der Waals surface area contributed by atoms with Crippen LogP contribution in [-0.2, 0) is 0 Å². The van der Waals surface area contributed by atoms with Crippen molar-refractivity contribution in [2.45, 2.75) is 0 Å². The van der Waals surface area contributed by atoms with Gasteiger partial charge in [0.15, 0.2) is 0 Å². The average molecular weight is 894 g/mol. The van der Waals surface area contributed by atoms with Crippen molar-refractivity contribution in [3.63, 3.8) is 0 Å². The van der Waals surface area contributed by atoms with Gasteiger partial charge >= 0.3 is 0 Å². The first-order chi connectivity index (χ1) is 34.7. The third-order valence-electron chi connectivity index (χ3n) is 14.1. The second-order valence-electron chi connectivity index (χ2n) is 18.1. The highest BCUT2D eigenvalue weighted by Gasteiger charge is 2.22. The fourth-order valence-electron chi connectivity index (χ4n) is 10.9. The molecule has 0 saturated heterocycles. The Kier molecular flexibility index (Phi) is 9.17. The molecule has 4 heteroatoms. The molecule has 2 aromatic heterocycles. The second-order valence-corrected chi connectivity index (χ2v) is 18.1. The standard InChI is InChI=1S/C66H43N3O/c1-3-15-48(16-4-1)68-61-23-11-7-19-54(61)59-42-47(32-39-63(59)68)45-29-35-51(36-30-45)67(52-37-40-64-60(43-52)55-20-8-12-24-62(55)69(64)49-17-5-2-6-18-49)50-33-27-44(28-34-50)46-31-38-53-56-21-9-13-25-65(56)70-66-26-14-10-22-57(66)58(53)41-46/h1-43H. The molecule has 1 aliphatic rings. The summed E-state index contributed by atoms with van der Waals surface area (Å²) in [4.78, 5) is 2.39. The third kappa shape index (κ3) is 6.46. The van der Waals surface area contributed by atoms with Crippen molar-refractivity contribution in [3.8, 4) is 67.4 Å². The van der Waals surface area contributed by atoms with Crippen molar-refractivity contribution in [3.05, 3.63) is 261 Å². The number of aromatic nitrogens is 2. The summed E-state index contributed by atoms with van der Waals surface area (Å²) >= 11 is 0. The molecule has 0 saturated carbocycles. The molecule has 70 heavy (non-hydrogen) atoms. The van der Waals surface area contributed by atoms with Gasteiger partial charge in [-0.2, -0.15) is 0 Å². The number of ether oxygens (including phenoxy) is 1. The number of para-hydroxylation sites is 6. The van der Waals surface area contributed by atoms with Gasteiger partial charge in [0.2, 0.25) is 0 Å². The largest absolute Gasteiger partial charge is 0.456 e. The lowest BCUT2D eigenvalue weighted by Crippen LogP contribution is -2.10. The Balaban J connectivity index is 0.887. The minimum atomic E-state index is 0.864. The van der Waals surface area contributed by atoms with Crippen LogP contribution in [0.1, 0.15) is 0 Å². The van der Waals surface area contributed by atoms with Gasteiger partial charge in [0, 0.05) is 61.1 Å². The van der Waals surface area contributed by atoms with Gasteiger partial charge in [-0.3, -0.25) is 0 Å². The number of benzene rings is 11. The molecular weight excluding hydrogens is 851 g/mol. The molecule has 0 unspecified atom stereocenters. The predicted octanol–water partition coefficient (Wildman–Crippen LogP) is 18.1. The van der Waals surface area contributed by atoms with E-state index in [4.69, 9.17) is 4.74 Å². The van der Waals surface area contributed by atoms with Crippen LogP contribution in [0.25, 0.3) is 99.5 Å². The van der Waals surface area contributed by atoms with Crippen molar-refractivity contribution in [2.75, 3.05) is 4.90 Å². The van der Waals surface area contributed by atoms with Crippen LogP contribution >= 0.6 is 0 Å². The maximum Gasteiger partial charge on any atom is 0.135 e. The first kappa shape index (κ1) is 39.8. The Morgan fingerprint density at radius 1 is 0.257 bits per heavy atom. The van der Waals surface area contributed by atoms with Crippen LogP contribution in [0.3, 0.4) is 0 Å². The minimum absolute atomic E-state index is 0.864. The van der Waals surface area contributed by atoms with Gasteiger partial charge in [-0.05, 0) is 143 Å². The summed E-state index contributed by atoms with van der Waals surface area (Å²) in [5, 5.41) is 4.90. The maximum absolute atomic E-state index is 6.50. The normalized spacial score (nSPS) is 11.8. The molecule has 0 aliphatic carbocycles. The fourth-order valence-corrected chi connectivity index (χ4v) is 10.9. The Morgan fingerprint density at radius 2 is 0.671 bits per heavy atom. The van der Waals surface area contributed by atoms with Crippen LogP contribution in [0.15, 0.2) is 261 Å². The lowest BCUT2D eigenvalue weighted by Gasteiger charge is -2.26. The Bertz CT molecular complexity index is 4130. The molecule has 0 amide bonds. The van der Waals surface area contributed by atoms with Crippen molar-refractivity contribution < 1.29 is 4.74 Å². The van der Waals surface area contributed by atoms with E-state index < -0.39 is 0 Å². The number of hydrogen-bond acceptors (Lipinski definition) is 2. The molecule has 0 atom stereocenters. The molecule has 1 aliphatic heterocycles. The molecule has 3 heterocycles. The van der Waals surface area contributed by atoms with Gasteiger partial charge in [0.25, 0.3) is 0 Å². The number of fused-ring (bicyclic) bond motifs is 11. The first-order valence-corrected chi connectivity index (χ1v) is 23.9. The number of nitrogens with zero attached hydrogens (tertiary/aromatic N) is 3. The van der Waals surface area contributed by atoms with E-state index in [-0.39, 0.29) is 0 Å². The lowest BCUT2D eigenvalue weighted by atomic mass is 9.91. The molecule has 14 rings (SSSR count). The molecule has 328 valence electrons. The molecule has 0 radical (unpaired) electrons. The third-order valence-corrected chi connectivity index (χ3v) is 14.1. The topological polar surface area (TPSA) is 22.3 Å². The van der Waals surface area contributed by atoms with Gasteiger partial charge in [0.1, 0.15) is 11.5 Å². The Hall–Kier alpha value is -9.38. The molecule has 0 N–H and O–H groups in total. The number of anilines is 3. The maximum atomic E-state index is 6.50. The molecule has 0 bridgehead atoms. The number of hydrogen-bond donors (Lipinski definition) is 0. The Morgan fingerprint density at radius 3 is 1.26 bits per heavy atom. The monoisotopic (exact) mass is 893 g/mol. The first-order valence-electron chi connectivity index (χ1n) is 23.9. The van der Waals surface area contributed by atoms with Crippen LogP contribution in [0.5, 0.6) is 11.5 Å². The van der Waals surface area contributed by atoms with Crippen molar-refractivity contribution in [1.82, 2.24) is 9.13 Å². The van der Waals surface area contributed by atoms with Crippen LogP contribution < -0.4 is 9.64 Å². The summed E-state index contributed by atoms with van der Waals surface area (Å²) in [6, 6.07) is 94.1. The van der Waals surface area contributed by atoms with Crippen LogP contribution in [0, 0.1) is 0 Å². The summed E-state index contributed by atoms with van der Waals surface area (Å²) in [6.45, 7) is 0. The van der Waals surface area contributed by atoms with E-state index in [0.29, 0.717) is 0 Å². The zero-order valence-electron chi connectivity index (χ0n) is 38.1. The Labute approximate surface area is 405 Å². The molecule has 13 aromatic rings. The van der Waals surface area contributed by atoms with Crippen LogP contribution in [0.4, 0.5) is 17.1 Å². The molecular formula is C66H43N3O. The van der Waals surface area contributed by atoms with E-state index in [1.807, 2.05) is 12.1 Å². The van der Waals surface area contributed by atoms with Gasteiger partial charge in [-0.1, -0.05) is 152 Å². The summed E-state index contributed by atoms with van der Waals surface area (Å²) < 4.78 is 11.2. The van der Waals surface area contributed by atoms with Crippen molar-refractivity contribution in [1.29, 1.82) is 0 Å². The van der Waals surface area contributed by atoms with Gasteiger partial charge in [0.05, 0.1) is 22.1 Å². The zero-order valence-corrected chi connectivity index (χ0v) is 38.1. The van der Waals surface area contributed by atoms with Gasteiger partial charge < -0.3 is 18.8 Å². The molecule has 0 spiro atoms. The lowest BCUT2D eigenvalue weighted by molar-refractivity contribution is 0.488. The van der Waals surface area contributed by atoms with Gasteiger partial charge in [-0.15, -0.1) is 0 Å². The number of rotatable bonds is 7. The van der Waals surface area contributed by atoms with Crippen molar-refractivity contribution in [2.24, 2.45) is 0 Å². The minimum Gasteiger partial charge on any atom is -0.456 e. The van der Waals surface area contributed by atoms with Crippen LogP contribution in [-0.4, -0.2) is 9.13 Å². The van der Waals surface area contributed by atoms with Gasteiger partial charge in [-0.25, -0.2) is 0 Å². The second kappa shape index (κ2) is 16.2. The van der Waals surface area contributed by atoms with E-state index in [9.17, 15) is 0 Å². The molecule has 0 fully saturated rings. The van der Waals surface area contributed by atoms with E-state index in [1.165, 1.54) is 54.7 Å².